The molecule has 1 unspecified atom stereocenters. The van der Waals surface area contributed by atoms with Crippen molar-refractivity contribution in [1.29, 1.82) is 0 Å². The SMILES string of the molecule is CN1C(=O)CC(C(=O)O)C12CCN(C(=O)c1ccc(=O)n(C)n1)CC2. The van der Waals surface area contributed by atoms with Crippen molar-refractivity contribution in [2.45, 2.75) is 24.8 Å². The van der Waals surface area contributed by atoms with Crippen LogP contribution in [-0.2, 0) is 16.6 Å². The summed E-state index contributed by atoms with van der Waals surface area (Å²) >= 11 is 0. The van der Waals surface area contributed by atoms with Crippen molar-refractivity contribution < 1.29 is 19.5 Å². The van der Waals surface area contributed by atoms with Crippen LogP contribution in [0.1, 0.15) is 29.8 Å². The van der Waals surface area contributed by atoms with E-state index in [9.17, 15) is 24.3 Å². The molecule has 1 aromatic rings. The van der Waals surface area contributed by atoms with E-state index < -0.39 is 17.4 Å². The molecule has 3 rings (SSSR count). The van der Waals surface area contributed by atoms with Crippen molar-refractivity contribution in [3.63, 3.8) is 0 Å². The molecule has 1 aromatic heterocycles. The maximum atomic E-state index is 12.6. The van der Waals surface area contributed by atoms with Gasteiger partial charge in [-0.3, -0.25) is 19.2 Å². The lowest BCUT2D eigenvalue weighted by Gasteiger charge is -2.45. The van der Waals surface area contributed by atoms with Crippen molar-refractivity contribution in [3.05, 3.63) is 28.2 Å². The summed E-state index contributed by atoms with van der Waals surface area (Å²) in [6.45, 7) is 0.676. The number of hydrogen-bond donors (Lipinski definition) is 1. The number of carboxylic acids is 1. The Morgan fingerprint density at radius 3 is 2.40 bits per heavy atom. The Labute approximate surface area is 143 Å². The molecule has 2 fully saturated rings. The van der Waals surface area contributed by atoms with Crippen LogP contribution in [0.3, 0.4) is 0 Å². The maximum Gasteiger partial charge on any atom is 0.309 e. The van der Waals surface area contributed by atoms with Gasteiger partial charge in [-0.15, -0.1) is 0 Å². The van der Waals surface area contributed by atoms with Crippen molar-refractivity contribution >= 4 is 17.8 Å². The van der Waals surface area contributed by atoms with E-state index in [1.165, 1.54) is 24.1 Å². The zero-order valence-corrected chi connectivity index (χ0v) is 14.1. The molecule has 3 heterocycles. The second-order valence-corrected chi connectivity index (χ2v) is 6.62. The third-order valence-electron chi connectivity index (χ3n) is 5.46. The molecule has 9 heteroatoms. The molecule has 0 radical (unpaired) electrons. The van der Waals surface area contributed by atoms with E-state index in [0.29, 0.717) is 25.9 Å². The maximum absolute atomic E-state index is 12.6. The zero-order chi connectivity index (χ0) is 18.4. The number of amides is 2. The van der Waals surface area contributed by atoms with Crippen LogP contribution in [0, 0.1) is 5.92 Å². The Morgan fingerprint density at radius 2 is 1.84 bits per heavy atom. The quantitative estimate of drug-likeness (QED) is 0.757. The lowest BCUT2D eigenvalue weighted by Crippen LogP contribution is -2.57. The van der Waals surface area contributed by atoms with Gasteiger partial charge in [-0.2, -0.15) is 5.10 Å². The van der Waals surface area contributed by atoms with Crippen molar-refractivity contribution in [1.82, 2.24) is 19.6 Å². The van der Waals surface area contributed by atoms with E-state index in [4.69, 9.17) is 0 Å². The predicted octanol–water partition coefficient (Wildman–Crippen LogP) is -0.682. The van der Waals surface area contributed by atoms with E-state index in [2.05, 4.69) is 5.10 Å². The number of aryl methyl sites for hydroxylation is 1. The minimum Gasteiger partial charge on any atom is -0.481 e. The number of aliphatic carboxylic acids is 1. The summed E-state index contributed by atoms with van der Waals surface area (Å²) in [5.74, 6) is -2.20. The molecular formula is C16H20N4O5. The van der Waals surface area contributed by atoms with Crippen LogP contribution in [0.15, 0.2) is 16.9 Å². The third-order valence-corrected chi connectivity index (χ3v) is 5.46. The molecule has 2 saturated heterocycles. The Hall–Kier alpha value is -2.71. The van der Waals surface area contributed by atoms with Gasteiger partial charge in [-0.1, -0.05) is 0 Å². The normalized spacial score (nSPS) is 22.5. The van der Waals surface area contributed by atoms with E-state index in [0.717, 1.165) is 4.68 Å². The predicted molar refractivity (Wildman–Crippen MR) is 85.9 cm³/mol. The molecule has 0 aromatic carbocycles. The highest BCUT2D eigenvalue weighted by atomic mass is 16.4. The summed E-state index contributed by atoms with van der Waals surface area (Å²) in [7, 11) is 3.11. The van der Waals surface area contributed by atoms with E-state index >= 15 is 0 Å². The summed E-state index contributed by atoms with van der Waals surface area (Å²) in [6.07, 6.45) is 0.815. The van der Waals surface area contributed by atoms with Crippen molar-refractivity contribution in [3.8, 4) is 0 Å². The minimum absolute atomic E-state index is 0.00212. The third kappa shape index (κ3) is 2.69. The van der Waals surface area contributed by atoms with Gasteiger partial charge in [0.2, 0.25) is 5.91 Å². The fraction of sp³-hybridized carbons (Fsp3) is 0.562. The molecule has 2 aliphatic heterocycles. The fourth-order valence-electron chi connectivity index (χ4n) is 3.86. The Morgan fingerprint density at radius 1 is 1.20 bits per heavy atom. The standard InChI is InChI=1S/C16H20N4O5/c1-18-13(22)9-10(15(24)25)16(18)5-7-20(8-6-16)14(23)11-3-4-12(21)19(2)17-11/h3-4,10H,5-9H2,1-2H3,(H,24,25). The fourth-order valence-corrected chi connectivity index (χ4v) is 3.86. The average molecular weight is 348 g/mol. The van der Waals surface area contributed by atoms with E-state index in [1.54, 1.807) is 11.9 Å². The lowest BCUT2D eigenvalue weighted by atomic mass is 9.77. The van der Waals surface area contributed by atoms with Gasteiger partial charge >= 0.3 is 5.97 Å². The zero-order valence-electron chi connectivity index (χ0n) is 14.1. The topological polar surface area (TPSA) is 113 Å². The molecule has 0 bridgehead atoms. The summed E-state index contributed by atoms with van der Waals surface area (Å²) in [4.78, 5) is 50.7. The first kappa shape index (κ1) is 17.1. The second kappa shape index (κ2) is 5.98. The van der Waals surface area contributed by atoms with Gasteiger partial charge in [0.05, 0.1) is 11.5 Å². The summed E-state index contributed by atoms with van der Waals surface area (Å²) in [5, 5.41) is 13.4. The number of hydrogen-bond acceptors (Lipinski definition) is 5. The number of rotatable bonds is 2. The van der Waals surface area contributed by atoms with Crippen LogP contribution in [0.2, 0.25) is 0 Å². The van der Waals surface area contributed by atoms with Crippen LogP contribution in [0.25, 0.3) is 0 Å². The number of nitrogens with zero attached hydrogens (tertiary/aromatic N) is 4. The molecule has 134 valence electrons. The number of likely N-dealkylation sites (tertiary alicyclic amines) is 2. The van der Waals surface area contributed by atoms with Crippen molar-refractivity contribution in [2.24, 2.45) is 13.0 Å². The van der Waals surface area contributed by atoms with Gasteiger partial charge < -0.3 is 14.9 Å². The first-order valence-electron chi connectivity index (χ1n) is 8.09. The molecule has 1 spiro atoms. The molecule has 2 amide bonds. The van der Waals surface area contributed by atoms with Crippen LogP contribution in [-0.4, -0.2) is 68.1 Å². The first-order chi connectivity index (χ1) is 11.8. The summed E-state index contributed by atoms with van der Waals surface area (Å²) in [6, 6.07) is 2.68. The Kier molecular flexibility index (Phi) is 4.09. The number of carbonyl (C=O) groups is 3. The van der Waals surface area contributed by atoms with E-state index in [1.807, 2.05) is 0 Å². The molecular weight excluding hydrogens is 328 g/mol. The van der Waals surface area contributed by atoms with Gasteiger partial charge in [0.15, 0.2) is 0 Å². The second-order valence-electron chi connectivity index (χ2n) is 6.62. The highest BCUT2D eigenvalue weighted by Gasteiger charge is 2.55. The smallest absolute Gasteiger partial charge is 0.309 e. The van der Waals surface area contributed by atoms with Crippen molar-refractivity contribution in [2.75, 3.05) is 20.1 Å². The van der Waals surface area contributed by atoms with Crippen LogP contribution < -0.4 is 5.56 Å². The molecule has 0 saturated carbocycles. The monoisotopic (exact) mass is 348 g/mol. The average Bonchev–Trinajstić information content (AvgIpc) is 2.83. The highest BCUT2D eigenvalue weighted by molar-refractivity contribution is 5.92. The largest absolute Gasteiger partial charge is 0.481 e. The van der Waals surface area contributed by atoms with E-state index in [-0.39, 0.29) is 29.5 Å². The minimum atomic E-state index is -0.975. The van der Waals surface area contributed by atoms with Crippen LogP contribution in [0.5, 0.6) is 0 Å². The van der Waals surface area contributed by atoms with Crippen LogP contribution in [0.4, 0.5) is 0 Å². The van der Waals surface area contributed by atoms with Gasteiger partial charge in [-0.25, -0.2) is 4.68 Å². The molecule has 9 nitrogen and oxygen atoms in total. The van der Waals surface area contributed by atoms with Gasteiger partial charge in [0, 0.05) is 39.7 Å². The van der Waals surface area contributed by atoms with Gasteiger partial charge in [-0.05, 0) is 18.9 Å². The molecule has 1 atom stereocenters. The van der Waals surface area contributed by atoms with Crippen LogP contribution >= 0.6 is 0 Å². The molecule has 1 N–H and O–H groups in total. The molecule has 2 aliphatic rings. The summed E-state index contributed by atoms with van der Waals surface area (Å²) in [5.41, 5.74) is -0.871. The number of carboxylic acid groups (broad SMARTS) is 1. The first-order valence-corrected chi connectivity index (χ1v) is 8.09. The molecule has 0 aliphatic carbocycles. The Balaban J connectivity index is 1.77. The highest BCUT2D eigenvalue weighted by Crippen LogP contribution is 2.42. The van der Waals surface area contributed by atoms with Gasteiger partial charge in [0.1, 0.15) is 5.69 Å². The number of piperidine rings is 1. The Bertz CT molecular complexity index is 794. The van der Waals surface area contributed by atoms with Gasteiger partial charge in [0.25, 0.3) is 11.5 Å². The lowest BCUT2D eigenvalue weighted by molar-refractivity contribution is -0.145. The summed E-state index contributed by atoms with van der Waals surface area (Å²) < 4.78 is 1.10. The number of aromatic nitrogens is 2. The molecule has 25 heavy (non-hydrogen) atoms. The number of carbonyl (C=O) groups excluding carboxylic acids is 2.